The fourth-order valence-electron chi connectivity index (χ4n) is 1.64. The van der Waals surface area contributed by atoms with Gasteiger partial charge in [0.15, 0.2) is 0 Å². The minimum Gasteiger partial charge on any atom is -0.395 e. The van der Waals surface area contributed by atoms with Gasteiger partial charge < -0.3 is 10.4 Å². The zero-order valence-electron chi connectivity index (χ0n) is 9.12. The van der Waals surface area contributed by atoms with Crippen molar-refractivity contribution in [3.05, 3.63) is 35.4 Å². The Morgan fingerprint density at radius 3 is 2.50 bits per heavy atom. The topological polar surface area (TPSA) is 32.3 Å². The summed E-state index contributed by atoms with van der Waals surface area (Å²) in [6, 6.07) is 8.75. The van der Waals surface area contributed by atoms with Crippen LogP contribution in [0.25, 0.3) is 0 Å². The SMILES string of the molecule is Cc1ccccc1[C@@H](C)N[C@@H](C)CO. The average molecular weight is 193 g/mol. The van der Waals surface area contributed by atoms with Crippen molar-refractivity contribution in [1.82, 2.24) is 5.32 Å². The number of aliphatic hydroxyl groups is 1. The molecule has 2 nitrogen and oxygen atoms in total. The second-order valence-electron chi connectivity index (χ2n) is 3.83. The van der Waals surface area contributed by atoms with Crippen molar-refractivity contribution in [2.75, 3.05) is 6.61 Å². The van der Waals surface area contributed by atoms with Gasteiger partial charge in [-0.05, 0) is 31.9 Å². The molecule has 0 aromatic heterocycles. The molecule has 78 valence electrons. The molecule has 1 aromatic rings. The van der Waals surface area contributed by atoms with Gasteiger partial charge in [0.1, 0.15) is 0 Å². The largest absolute Gasteiger partial charge is 0.395 e. The number of benzene rings is 1. The van der Waals surface area contributed by atoms with Gasteiger partial charge in [0, 0.05) is 12.1 Å². The lowest BCUT2D eigenvalue weighted by Gasteiger charge is -2.20. The van der Waals surface area contributed by atoms with Crippen molar-refractivity contribution in [2.24, 2.45) is 0 Å². The highest BCUT2D eigenvalue weighted by Gasteiger charge is 2.09. The van der Waals surface area contributed by atoms with E-state index in [0.717, 1.165) is 0 Å². The fraction of sp³-hybridized carbons (Fsp3) is 0.500. The van der Waals surface area contributed by atoms with E-state index in [1.54, 1.807) is 0 Å². The highest BCUT2D eigenvalue weighted by molar-refractivity contribution is 5.28. The van der Waals surface area contributed by atoms with Crippen LogP contribution in [0.4, 0.5) is 0 Å². The second-order valence-corrected chi connectivity index (χ2v) is 3.83. The van der Waals surface area contributed by atoms with E-state index in [9.17, 15) is 0 Å². The summed E-state index contributed by atoms with van der Waals surface area (Å²) in [6.07, 6.45) is 0. The molecule has 0 heterocycles. The third kappa shape index (κ3) is 2.82. The molecule has 1 rings (SSSR count). The van der Waals surface area contributed by atoms with Crippen molar-refractivity contribution in [3.63, 3.8) is 0 Å². The summed E-state index contributed by atoms with van der Waals surface area (Å²) in [4.78, 5) is 0. The lowest BCUT2D eigenvalue weighted by atomic mass is 10.0. The molecule has 2 atom stereocenters. The summed E-state index contributed by atoms with van der Waals surface area (Å²) in [5.41, 5.74) is 2.59. The number of hydrogen-bond acceptors (Lipinski definition) is 2. The van der Waals surface area contributed by atoms with Gasteiger partial charge in [0.25, 0.3) is 0 Å². The van der Waals surface area contributed by atoms with Crippen molar-refractivity contribution < 1.29 is 5.11 Å². The normalized spacial score (nSPS) is 15.1. The zero-order chi connectivity index (χ0) is 10.6. The van der Waals surface area contributed by atoms with Crippen LogP contribution in [0.15, 0.2) is 24.3 Å². The molecule has 0 aliphatic heterocycles. The Morgan fingerprint density at radius 1 is 1.29 bits per heavy atom. The predicted molar refractivity (Wildman–Crippen MR) is 59.3 cm³/mol. The lowest BCUT2D eigenvalue weighted by molar-refractivity contribution is 0.243. The van der Waals surface area contributed by atoms with E-state index < -0.39 is 0 Å². The molecule has 0 spiro atoms. The van der Waals surface area contributed by atoms with Gasteiger partial charge in [-0.25, -0.2) is 0 Å². The smallest absolute Gasteiger partial charge is 0.0582 e. The molecule has 0 radical (unpaired) electrons. The maximum Gasteiger partial charge on any atom is 0.0582 e. The quantitative estimate of drug-likeness (QED) is 0.767. The van der Waals surface area contributed by atoms with Crippen LogP contribution in [-0.2, 0) is 0 Å². The van der Waals surface area contributed by atoms with Crippen molar-refractivity contribution in [2.45, 2.75) is 32.9 Å². The van der Waals surface area contributed by atoms with Gasteiger partial charge in [0.05, 0.1) is 6.61 Å². The van der Waals surface area contributed by atoms with Crippen molar-refractivity contribution in [1.29, 1.82) is 0 Å². The second kappa shape index (κ2) is 5.13. The molecule has 0 saturated carbocycles. The van der Waals surface area contributed by atoms with E-state index in [4.69, 9.17) is 5.11 Å². The molecular weight excluding hydrogens is 174 g/mol. The Morgan fingerprint density at radius 2 is 1.93 bits per heavy atom. The summed E-state index contributed by atoms with van der Waals surface area (Å²) in [7, 11) is 0. The molecular formula is C12H19NO. The minimum atomic E-state index is 0.143. The van der Waals surface area contributed by atoms with E-state index >= 15 is 0 Å². The van der Waals surface area contributed by atoms with Gasteiger partial charge >= 0.3 is 0 Å². The van der Waals surface area contributed by atoms with Crippen LogP contribution < -0.4 is 5.32 Å². The summed E-state index contributed by atoms with van der Waals surface area (Å²) in [6.45, 7) is 6.39. The minimum absolute atomic E-state index is 0.143. The van der Waals surface area contributed by atoms with Crippen LogP contribution in [0, 0.1) is 6.92 Å². The first-order valence-corrected chi connectivity index (χ1v) is 5.07. The Bertz CT molecular complexity index is 285. The van der Waals surface area contributed by atoms with E-state index in [1.807, 2.05) is 19.1 Å². The first kappa shape index (κ1) is 11.2. The van der Waals surface area contributed by atoms with Crippen molar-refractivity contribution in [3.8, 4) is 0 Å². The van der Waals surface area contributed by atoms with E-state index in [-0.39, 0.29) is 12.6 Å². The maximum absolute atomic E-state index is 8.94. The Kier molecular flexibility index (Phi) is 4.11. The maximum atomic E-state index is 8.94. The Hall–Kier alpha value is -0.860. The first-order valence-electron chi connectivity index (χ1n) is 5.07. The summed E-state index contributed by atoms with van der Waals surface area (Å²) in [5, 5.41) is 12.3. The molecule has 0 aliphatic rings. The average Bonchev–Trinajstić information content (AvgIpc) is 2.18. The standard InChI is InChI=1S/C12H19NO/c1-9-6-4-5-7-12(9)11(3)13-10(2)8-14/h4-7,10-11,13-14H,8H2,1-3H3/t10-,11+/m0/s1. The summed E-state index contributed by atoms with van der Waals surface area (Å²) < 4.78 is 0. The number of nitrogens with one attached hydrogen (secondary N) is 1. The summed E-state index contributed by atoms with van der Waals surface area (Å²) >= 11 is 0. The first-order chi connectivity index (χ1) is 6.65. The van der Waals surface area contributed by atoms with Gasteiger partial charge in [-0.3, -0.25) is 0 Å². The molecule has 0 bridgehead atoms. The monoisotopic (exact) mass is 193 g/mol. The number of rotatable bonds is 4. The molecule has 0 unspecified atom stereocenters. The molecule has 0 aliphatic carbocycles. The van der Waals surface area contributed by atoms with Crippen LogP contribution in [0.5, 0.6) is 0 Å². The van der Waals surface area contributed by atoms with Gasteiger partial charge in [0.2, 0.25) is 0 Å². The molecule has 0 amide bonds. The fourth-order valence-corrected chi connectivity index (χ4v) is 1.64. The van der Waals surface area contributed by atoms with Crippen LogP contribution in [0.2, 0.25) is 0 Å². The van der Waals surface area contributed by atoms with E-state index in [2.05, 4.69) is 31.3 Å². The zero-order valence-corrected chi connectivity index (χ0v) is 9.12. The number of aryl methyl sites for hydroxylation is 1. The molecule has 0 fully saturated rings. The third-order valence-corrected chi connectivity index (χ3v) is 2.46. The van der Waals surface area contributed by atoms with Crippen LogP contribution in [0.3, 0.4) is 0 Å². The molecule has 0 saturated heterocycles. The lowest BCUT2D eigenvalue weighted by Crippen LogP contribution is -2.32. The Balaban J connectivity index is 2.69. The van der Waals surface area contributed by atoms with Crippen molar-refractivity contribution >= 4 is 0 Å². The third-order valence-electron chi connectivity index (χ3n) is 2.46. The summed E-state index contributed by atoms with van der Waals surface area (Å²) in [5.74, 6) is 0. The highest BCUT2D eigenvalue weighted by atomic mass is 16.3. The van der Waals surface area contributed by atoms with Crippen LogP contribution in [-0.4, -0.2) is 17.8 Å². The predicted octanol–water partition coefficient (Wildman–Crippen LogP) is 2.03. The van der Waals surface area contributed by atoms with Crippen LogP contribution >= 0.6 is 0 Å². The highest BCUT2D eigenvalue weighted by Crippen LogP contribution is 2.16. The van der Waals surface area contributed by atoms with Crippen LogP contribution in [0.1, 0.15) is 31.0 Å². The molecule has 1 aromatic carbocycles. The molecule has 14 heavy (non-hydrogen) atoms. The Labute approximate surface area is 86.0 Å². The van der Waals surface area contributed by atoms with Gasteiger partial charge in [-0.1, -0.05) is 24.3 Å². The van der Waals surface area contributed by atoms with Gasteiger partial charge in [-0.2, -0.15) is 0 Å². The number of aliphatic hydroxyl groups excluding tert-OH is 1. The van der Waals surface area contributed by atoms with Gasteiger partial charge in [-0.15, -0.1) is 0 Å². The molecule has 2 heteroatoms. The number of hydrogen-bond donors (Lipinski definition) is 2. The van der Waals surface area contributed by atoms with E-state index in [0.29, 0.717) is 6.04 Å². The molecule has 2 N–H and O–H groups in total. The van der Waals surface area contributed by atoms with E-state index in [1.165, 1.54) is 11.1 Å².